The van der Waals surface area contributed by atoms with Gasteiger partial charge < -0.3 is 9.84 Å². The van der Waals surface area contributed by atoms with E-state index < -0.39 is 27.6 Å². The van der Waals surface area contributed by atoms with Gasteiger partial charge in [0.2, 0.25) is 0 Å². The van der Waals surface area contributed by atoms with Crippen LogP contribution >= 0.6 is 11.6 Å². The van der Waals surface area contributed by atoms with Crippen molar-refractivity contribution in [1.82, 2.24) is 9.78 Å². The summed E-state index contributed by atoms with van der Waals surface area (Å²) >= 11 is 6.12. The second-order valence-corrected chi connectivity index (χ2v) is 9.92. The van der Waals surface area contributed by atoms with Crippen molar-refractivity contribution in [3.05, 3.63) is 29.5 Å². The quantitative estimate of drug-likeness (QED) is 0.662. The molecule has 1 aromatic carbocycles. The topological polar surface area (TPSA) is 138 Å². The average Bonchev–Trinajstić information content (AvgIpc) is 3.08. The van der Waals surface area contributed by atoms with Crippen molar-refractivity contribution in [3.8, 4) is 11.8 Å². The number of anilines is 2. The number of aryl methyl sites for hydroxylation is 1. The SMILES string of the molecule is CCn1cc(S(=O)(=O)N2CC(CC(C)(C)C#N)Oc3ccc(NC(=O)O)cc32)c(Cl)n1. The third-order valence-corrected chi connectivity index (χ3v) is 6.93. The Bertz CT molecular complexity index is 1150. The molecule has 166 valence electrons. The molecule has 0 fully saturated rings. The maximum absolute atomic E-state index is 13.5. The van der Waals surface area contributed by atoms with E-state index in [2.05, 4.69) is 16.5 Å². The number of nitrogens with one attached hydrogen (secondary N) is 1. The Hall–Kier alpha value is -2.97. The molecule has 0 saturated carbocycles. The number of carboxylic acid groups (broad SMARTS) is 1. The number of amides is 1. The molecular formula is C19H22ClN5O5S. The van der Waals surface area contributed by atoms with Crippen LogP contribution < -0.4 is 14.4 Å². The van der Waals surface area contributed by atoms with Crippen LogP contribution in [0.5, 0.6) is 5.75 Å². The van der Waals surface area contributed by atoms with Gasteiger partial charge in [0.25, 0.3) is 10.0 Å². The molecule has 1 aromatic heterocycles. The minimum atomic E-state index is -4.16. The zero-order chi connectivity index (χ0) is 23.0. The van der Waals surface area contributed by atoms with Crippen molar-refractivity contribution in [1.29, 1.82) is 5.26 Å². The molecule has 2 heterocycles. The van der Waals surface area contributed by atoms with Gasteiger partial charge in [0, 0.05) is 24.8 Å². The molecule has 0 radical (unpaired) electrons. The van der Waals surface area contributed by atoms with E-state index in [1.54, 1.807) is 20.8 Å². The average molecular weight is 468 g/mol. The number of benzene rings is 1. The van der Waals surface area contributed by atoms with Crippen molar-refractivity contribution in [2.75, 3.05) is 16.2 Å². The van der Waals surface area contributed by atoms with Gasteiger partial charge >= 0.3 is 6.09 Å². The predicted molar refractivity (Wildman–Crippen MR) is 114 cm³/mol. The first-order chi connectivity index (χ1) is 14.5. The molecule has 2 aromatic rings. The lowest BCUT2D eigenvalue weighted by atomic mass is 9.88. The van der Waals surface area contributed by atoms with Crippen LogP contribution in [0.4, 0.5) is 16.2 Å². The van der Waals surface area contributed by atoms with Crippen LogP contribution in [-0.4, -0.2) is 42.0 Å². The number of rotatable bonds is 6. The second kappa shape index (κ2) is 8.28. The van der Waals surface area contributed by atoms with Crippen LogP contribution in [0.25, 0.3) is 0 Å². The van der Waals surface area contributed by atoms with Crippen LogP contribution in [0.2, 0.25) is 5.15 Å². The summed E-state index contributed by atoms with van der Waals surface area (Å²) in [6, 6.07) is 6.53. The first-order valence-electron chi connectivity index (χ1n) is 9.44. The molecule has 3 rings (SSSR count). The number of aromatic nitrogens is 2. The molecule has 1 aliphatic rings. The Labute approximate surface area is 185 Å². The molecule has 12 heteroatoms. The third kappa shape index (κ3) is 4.70. The van der Waals surface area contributed by atoms with Gasteiger partial charge in [-0.1, -0.05) is 11.6 Å². The van der Waals surface area contributed by atoms with Gasteiger partial charge in [-0.2, -0.15) is 10.4 Å². The third-order valence-electron chi connectivity index (χ3n) is 4.76. The fourth-order valence-corrected chi connectivity index (χ4v) is 5.24. The monoisotopic (exact) mass is 467 g/mol. The van der Waals surface area contributed by atoms with Crippen LogP contribution in [0.15, 0.2) is 29.3 Å². The maximum atomic E-state index is 13.5. The van der Waals surface area contributed by atoms with Gasteiger partial charge in [0.15, 0.2) is 5.15 Å². The second-order valence-electron chi connectivity index (χ2n) is 7.73. The van der Waals surface area contributed by atoms with E-state index in [-0.39, 0.29) is 40.1 Å². The predicted octanol–water partition coefficient (Wildman–Crippen LogP) is 3.54. The van der Waals surface area contributed by atoms with Crippen LogP contribution in [-0.2, 0) is 16.6 Å². The number of hydrogen-bond donors (Lipinski definition) is 2. The lowest BCUT2D eigenvalue weighted by molar-refractivity contribution is 0.156. The standard InChI is InChI=1S/C19H22ClN5O5S/c1-4-24-10-16(17(20)23-24)31(28,29)25-9-13(8-19(2,3)11-21)30-15-6-5-12(7-14(15)25)22-18(26)27/h5-7,10,13,22H,4,8-9H2,1-3H3,(H,26,27). The first kappa shape index (κ1) is 22.7. The van der Waals surface area contributed by atoms with Crippen molar-refractivity contribution >= 4 is 39.1 Å². The van der Waals surface area contributed by atoms with Gasteiger partial charge in [-0.25, -0.2) is 13.2 Å². The van der Waals surface area contributed by atoms with Gasteiger partial charge in [-0.05, 0) is 39.0 Å². The van der Waals surface area contributed by atoms with Crippen molar-refractivity contribution in [2.24, 2.45) is 5.41 Å². The number of nitriles is 1. The summed E-state index contributed by atoms with van der Waals surface area (Å²) in [5, 5.41) is 24.4. The smallest absolute Gasteiger partial charge is 0.409 e. The minimum absolute atomic E-state index is 0.0788. The van der Waals surface area contributed by atoms with Crippen molar-refractivity contribution < 1.29 is 23.1 Å². The Kier molecular flexibility index (Phi) is 6.07. The summed E-state index contributed by atoms with van der Waals surface area (Å²) in [6.07, 6.45) is -0.255. The molecule has 1 atom stereocenters. The summed E-state index contributed by atoms with van der Waals surface area (Å²) in [7, 11) is -4.16. The summed E-state index contributed by atoms with van der Waals surface area (Å²) in [5.74, 6) is 0.253. The van der Waals surface area contributed by atoms with Crippen LogP contribution in [0.3, 0.4) is 0 Å². The van der Waals surface area contributed by atoms with Crippen molar-refractivity contribution in [2.45, 2.75) is 44.7 Å². The summed E-state index contributed by atoms with van der Waals surface area (Å²) in [6.45, 7) is 5.64. The summed E-state index contributed by atoms with van der Waals surface area (Å²) in [5.41, 5.74) is -0.397. The molecular weight excluding hydrogens is 446 g/mol. The Balaban J connectivity index is 2.10. The van der Waals surface area contributed by atoms with Crippen molar-refractivity contribution in [3.63, 3.8) is 0 Å². The maximum Gasteiger partial charge on any atom is 0.409 e. The molecule has 0 aliphatic carbocycles. The number of sulfonamides is 1. The number of ether oxygens (including phenoxy) is 1. The molecule has 1 aliphatic heterocycles. The molecule has 1 unspecified atom stereocenters. The molecule has 0 spiro atoms. The van der Waals surface area contributed by atoms with E-state index in [0.717, 1.165) is 4.31 Å². The van der Waals surface area contributed by atoms with Crippen LogP contribution in [0, 0.1) is 16.7 Å². The molecule has 10 nitrogen and oxygen atoms in total. The highest BCUT2D eigenvalue weighted by atomic mass is 35.5. The molecule has 0 bridgehead atoms. The van der Waals surface area contributed by atoms with E-state index in [9.17, 15) is 18.5 Å². The molecule has 31 heavy (non-hydrogen) atoms. The number of nitrogens with zero attached hydrogens (tertiary/aromatic N) is 4. The highest BCUT2D eigenvalue weighted by Crippen LogP contribution is 2.41. The van der Waals surface area contributed by atoms with E-state index in [4.69, 9.17) is 21.4 Å². The largest absolute Gasteiger partial charge is 0.486 e. The zero-order valence-electron chi connectivity index (χ0n) is 17.2. The fraction of sp³-hybridized carbons (Fsp3) is 0.421. The molecule has 0 saturated heterocycles. The Morgan fingerprint density at radius 3 is 2.77 bits per heavy atom. The number of hydrogen-bond acceptors (Lipinski definition) is 6. The normalized spacial score (nSPS) is 16.2. The Morgan fingerprint density at radius 1 is 1.48 bits per heavy atom. The fourth-order valence-electron chi connectivity index (χ4n) is 3.30. The van der Waals surface area contributed by atoms with E-state index in [1.165, 1.54) is 29.1 Å². The van der Waals surface area contributed by atoms with E-state index >= 15 is 0 Å². The summed E-state index contributed by atoms with van der Waals surface area (Å²) < 4.78 is 35.6. The van der Waals surface area contributed by atoms with Gasteiger partial charge in [-0.15, -0.1) is 0 Å². The number of fused-ring (bicyclic) bond motifs is 1. The van der Waals surface area contributed by atoms with E-state index in [1.807, 2.05) is 0 Å². The highest BCUT2D eigenvalue weighted by Gasteiger charge is 2.39. The highest BCUT2D eigenvalue weighted by molar-refractivity contribution is 7.93. The lowest BCUT2D eigenvalue weighted by Crippen LogP contribution is -2.45. The Morgan fingerprint density at radius 2 is 2.19 bits per heavy atom. The zero-order valence-corrected chi connectivity index (χ0v) is 18.7. The number of halogens is 1. The molecule has 2 N–H and O–H groups in total. The van der Waals surface area contributed by atoms with E-state index in [0.29, 0.717) is 6.54 Å². The van der Waals surface area contributed by atoms with Gasteiger partial charge in [0.05, 0.1) is 23.7 Å². The molecule has 1 amide bonds. The number of carbonyl (C=O) groups is 1. The first-order valence-corrected chi connectivity index (χ1v) is 11.3. The van der Waals surface area contributed by atoms with Gasteiger partial charge in [-0.3, -0.25) is 14.3 Å². The summed E-state index contributed by atoms with van der Waals surface area (Å²) in [4.78, 5) is 10.9. The lowest BCUT2D eigenvalue weighted by Gasteiger charge is -2.37. The minimum Gasteiger partial charge on any atom is -0.486 e. The van der Waals surface area contributed by atoms with Gasteiger partial charge in [0.1, 0.15) is 16.7 Å². The van der Waals surface area contributed by atoms with Crippen LogP contribution in [0.1, 0.15) is 27.2 Å².